The molecule has 0 unspecified atom stereocenters. The topological polar surface area (TPSA) is 24.9 Å². The highest BCUT2D eigenvalue weighted by molar-refractivity contribution is 6.30. The summed E-state index contributed by atoms with van der Waals surface area (Å²) in [6, 6.07) is 1.27. The van der Waals surface area contributed by atoms with E-state index in [1.54, 1.807) is 0 Å². The van der Waals surface area contributed by atoms with Crippen LogP contribution in [0, 0.1) is 23.6 Å². The van der Waals surface area contributed by atoms with Gasteiger partial charge in [0.1, 0.15) is 0 Å². The molecule has 0 aliphatic carbocycles. The zero-order valence-electron chi connectivity index (χ0n) is 10.8. The summed E-state index contributed by atoms with van der Waals surface area (Å²) in [6.07, 6.45) is 1.45. The minimum Gasteiger partial charge on any atom is -0.367 e. The fourth-order valence-corrected chi connectivity index (χ4v) is 2.14. The molecule has 1 heterocycles. The number of aromatic nitrogens is 1. The Kier molecular flexibility index (Phi) is 5.19. The molecule has 96 valence electrons. The first kappa shape index (κ1) is 14.2. The summed E-state index contributed by atoms with van der Waals surface area (Å²) < 4.78 is 13.5. The number of hydrogen-bond donors (Lipinski definition) is 1. The van der Waals surface area contributed by atoms with Gasteiger partial charge in [-0.3, -0.25) is 0 Å². The van der Waals surface area contributed by atoms with E-state index in [1.807, 2.05) is 0 Å². The Labute approximate surface area is 108 Å². The Morgan fingerprint density at radius 3 is 2.35 bits per heavy atom. The molecule has 0 saturated carbocycles. The van der Waals surface area contributed by atoms with Gasteiger partial charge < -0.3 is 5.32 Å². The number of rotatable bonds is 5. The van der Waals surface area contributed by atoms with Crippen LogP contribution in [-0.2, 0) is 0 Å². The van der Waals surface area contributed by atoms with Gasteiger partial charge in [0.05, 0.1) is 5.02 Å². The second-order valence-corrected chi connectivity index (χ2v) is 5.45. The molecule has 1 N–H and O–H groups in total. The molecule has 0 aromatic carbocycles. The second-order valence-electron chi connectivity index (χ2n) is 5.02. The van der Waals surface area contributed by atoms with Gasteiger partial charge in [0.15, 0.2) is 11.6 Å². The number of anilines is 1. The number of nitrogens with one attached hydrogen (secondary N) is 1. The lowest BCUT2D eigenvalue weighted by Crippen LogP contribution is -2.25. The minimum absolute atomic E-state index is 0.278. The van der Waals surface area contributed by atoms with Crippen molar-refractivity contribution in [3.05, 3.63) is 23.1 Å². The van der Waals surface area contributed by atoms with E-state index >= 15 is 0 Å². The fraction of sp³-hybridized carbons (Fsp3) is 0.615. The van der Waals surface area contributed by atoms with Gasteiger partial charge in [0.2, 0.25) is 0 Å². The van der Waals surface area contributed by atoms with Crippen LogP contribution in [0.2, 0.25) is 5.02 Å². The summed E-state index contributed by atoms with van der Waals surface area (Å²) in [4.78, 5) is 3.95. The molecule has 0 saturated heterocycles. The number of nitrogens with zero attached hydrogens (tertiary/aromatic N) is 1. The largest absolute Gasteiger partial charge is 0.367 e. The summed E-state index contributed by atoms with van der Waals surface area (Å²) in [5.74, 6) is 1.48. The average Bonchev–Trinajstić information content (AvgIpc) is 2.20. The Bertz CT molecular complexity index is 358. The molecule has 0 radical (unpaired) electrons. The van der Waals surface area contributed by atoms with Crippen LogP contribution in [0.15, 0.2) is 12.3 Å². The quantitative estimate of drug-likeness (QED) is 0.856. The van der Waals surface area contributed by atoms with Gasteiger partial charge in [-0.1, -0.05) is 39.3 Å². The second kappa shape index (κ2) is 6.20. The zero-order valence-corrected chi connectivity index (χ0v) is 11.6. The van der Waals surface area contributed by atoms with Gasteiger partial charge in [-0.05, 0) is 23.8 Å². The van der Waals surface area contributed by atoms with Crippen molar-refractivity contribution in [3.8, 4) is 0 Å². The van der Waals surface area contributed by atoms with Crippen LogP contribution in [0.25, 0.3) is 0 Å². The molecular formula is C13H20ClFN2. The fourth-order valence-electron chi connectivity index (χ4n) is 2.00. The standard InChI is InChI=1S/C13H20ClFN2/c1-8(2)11(9(3)4)7-17-13-12(15)5-10(14)6-16-13/h5-6,8-9,11H,7H2,1-4H3,(H,16,17). The summed E-state index contributed by atoms with van der Waals surface area (Å²) in [7, 11) is 0. The minimum atomic E-state index is -0.399. The lowest BCUT2D eigenvalue weighted by molar-refractivity contribution is 0.304. The van der Waals surface area contributed by atoms with E-state index in [-0.39, 0.29) is 5.82 Å². The molecule has 2 nitrogen and oxygen atoms in total. The molecule has 1 aromatic heterocycles. The normalized spacial score (nSPS) is 11.6. The van der Waals surface area contributed by atoms with Crippen LogP contribution in [0.4, 0.5) is 10.2 Å². The zero-order chi connectivity index (χ0) is 13.0. The molecule has 0 atom stereocenters. The lowest BCUT2D eigenvalue weighted by atomic mass is 9.85. The van der Waals surface area contributed by atoms with Crippen molar-refractivity contribution < 1.29 is 4.39 Å². The van der Waals surface area contributed by atoms with Crippen molar-refractivity contribution in [2.45, 2.75) is 27.7 Å². The molecule has 0 fully saturated rings. The third kappa shape index (κ3) is 4.15. The van der Waals surface area contributed by atoms with E-state index in [9.17, 15) is 4.39 Å². The monoisotopic (exact) mass is 258 g/mol. The van der Waals surface area contributed by atoms with E-state index in [2.05, 4.69) is 38.0 Å². The van der Waals surface area contributed by atoms with Gasteiger partial charge in [-0.25, -0.2) is 9.37 Å². The van der Waals surface area contributed by atoms with Crippen LogP contribution in [0.5, 0.6) is 0 Å². The predicted octanol–water partition coefficient (Wildman–Crippen LogP) is 4.21. The molecule has 1 rings (SSSR count). The van der Waals surface area contributed by atoms with Crippen LogP contribution in [0.1, 0.15) is 27.7 Å². The molecule has 17 heavy (non-hydrogen) atoms. The highest BCUT2D eigenvalue weighted by Crippen LogP contribution is 2.22. The number of hydrogen-bond acceptors (Lipinski definition) is 2. The predicted molar refractivity (Wildman–Crippen MR) is 70.9 cm³/mol. The maximum absolute atomic E-state index is 13.5. The van der Waals surface area contributed by atoms with Crippen LogP contribution in [0.3, 0.4) is 0 Å². The first-order valence-electron chi connectivity index (χ1n) is 5.96. The van der Waals surface area contributed by atoms with Crippen LogP contribution in [-0.4, -0.2) is 11.5 Å². The van der Waals surface area contributed by atoms with E-state index in [4.69, 9.17) is 11.6 Å². The highest BCUT2D eigenvalue weighted by atomic mass is 35.5. The summed E-state index contributed by atoms with van der Waals surface area (Å²) >= 11 is 5.65. The van der Waals surface area contributed by atoms with Crippen LogP contribution >= 0.6 is 11.6 Å². The first-order valence-corrected chi connectivity index (χ1v) is 6.34. The number of halogens is 2. The summed E-state index contributed by atoms with van der Waals surface area (Å²) in [6.45, 7) is 9.44. The van der Waals surface area contributed by atoms with Gasteiger partial charge >= 0.3 is 0 Å². The molecule has 0 spiro atoms. The Balaban J connectivity index is 2.65. The van der Waals surface area contributed by atoms with Gasteiger partial charge in [-0.15, -0.1) is 0 Å². The van der Waals surface area contributed by atoms with Gasteiger partial charge in [-0.2, -0.15) is 0 Å². The molecule has 0 aliphatic rings. The molecule has 0 bridgehead atoms. The van der Waals surface area contributed by atoms with Crippen molar-refractivity contribution in [1.29, 1.82) is 0 Å². The third-order valence-corrected chi connectivity index (χ3v) is 3.23. The average molecular weight is 259 g/mol. The lowest BCUT2D eigenvalue weighted by Gasteiger charge is -2.25. The molecular weight excluding hydrogens is 239 g/mol. The molecule has 0 amide bonds. The maximum atomic E-state index is 13.5. The van der Waals surface area contributed by atoms with E-state index in [0.29, 0.717) is 22.8 Å². The van der Waals surface area contributed by atoms with Crippen molar-refractivity contribution in [3.63, 3.8) is 0 Å². The van der Waals surface area contributed by atoms with E-state index < -0.39 is 5.82 Å². The third-order valence-electron chi connectivity index (χ3n) is 3.03. The van der Waals surface area contributed by atoms with Gasteiger partial charge in [0, 0.05) is 12.7 Å². The summed E-state index contributed by atoms with van der Waals surface area (Å²) in [5, 5.41) is 3.38. The SMILES string of the molecule is CC(C)C(CNc1ncc(Cl)cc1F)C(C)C. The van der Waals surface area contributed by atoms with E-state index in [1.165, 1.54) is 12.3 Å². The molecule has 0 aliphatic heterocycles. The van der Waals surface area contributed by atoms with Crippen molar-refractivity contribution in [2.24, 2.45) is 17.8 Å². The number of pyridine rings is 1. The highest BCUT2D eigenvalue weighted by Gasteiger charge is 2.17. The first-order chi connectivity index (χ1) is 7.91. The smallest absolute Gasteiger partial charge is 0.166 e. The maximum Gasteiger partial charge on any atom is 0.166 e. The Morgan fingerprint density at radius 1 is 1.29 bits per heavy atom. The van der Waals surface area contributed by atoms with Crippen molar-refractivity contribution in [1.82, 2.24) is 4.98 Å². The Hall–Kier alpha value is -0.830. The van der Waals surface area contributed by atoms with E-state index in [0.717, 1.165) is 6.54 Å². The van der Waals surface area contributed by atoms with Gasteiger partial charge in [0.25, 0.3) is 0 Å². The summed E-state index contributed by atoms with van der Waals surface area (Å²) in [5.41, 5.74) is 0. The van der Waals surface area contributed by atoms with Crippen molar-refractivity contribution in [2.75, 3.05) is 11.9 Å². The Morgan fingerprint density at radius 2 is 1.88 bits per heavy atom. The van der Waals surface area contributed by atoms with Crippen LogP contribution < -0.4 is 5.32 Å². The molecule has 1 aromatic rings. The molecule has 4 heteroatoms. The van der Waals surface area contributed by atoms with Crippen molar-refractivity contribution >= 4 is 17.4 Å².